The smallest absolute Gasteiger partial charge is 0.390 e. The van der Waals surface area contributed by atoms with Crippen LogP contribution in [0.5, 0.6) is 0 Å². The van der Waals surface area contributed by atoms with Gasteiger partial charge in [-0.2, -0.15) is 13.2 Å². The van der Waals surface area contributed by atoms with Crippen molar-refractivity contribution in [3.63, 3.8) is 0 Å². The first-order valence-corrected chi connectivity index (χ1v) is 18.5. The second kappa shape index (κ2) is 15.2. The second-order valence-corrected chi connectivity index (χ2v) is 15.3. The second-order valence-electron chi connectivity index (χ2n) is 12.2. The average molecular weight is 698 g/mol. The number of alkyl halides is 3. The number of hydrogen-bond donors (Lipinski definition) is 2. The lowest BCUT2D eigenvalue weighted by atomic mass is 9.98. The van der Waals surface area contributed by atoms with Crippen molar-refractivity contribution in [3.8, 4) is 0 Å². The number of aliphatic hydroxyl groups excluding tert-OH is 1. The van der Waals surface area contributed by atoms with E-state index in [0.717, 1.165) is 41.7 Å². The van der Waals surface area contributed by atoms with Crippen LogP contribution in [0.4, 0.5) is 18.9 Å². The molecule has 48 heavy (non-hydrogen) atoms. The molecule has 4 aromatic rings. The third-order valence-corrected chi connectivity index (χ3v) is 10.1. The summed E-state index contributed by atoms with van der Waals surface area (Å²) in [5.74, 6) is -0.699. The predicted molar refractivity (Wildman–Crippen MR) is 182 cm³/mol. The summed E-state index contributed by atoms with van der Waals surface area (Å²) in [5.41, 5.74) is 1.36. The van der Waals surface area contributed by atoms with E-state index >= 15 is 0 Å². The minimum absolute atomic E-state index is 0.0449. The number of nitrogens with one attached hydrogen (secondary N) is 1. The Morgan fingerprint density at radius 3 is 2.50 bits per heavy atom. The molecule has 3 atom stereocenters. The minimum Gasteiger partial charge on any atom is -0.390 e. The number of likely N-dealkylation sites (tertiary alicyclic amines) is 1. The normalized spacial score (nSPS) is 16.5. The van der Waals surface area contributed by atoms with Gasteiger partial charge in [-0.05, 0) is 78.6 Å². The van der Waals surface area contributed by atoms with Gasteiger partial charge in [0.15, 0.2) is 9.84 Å². The zero-order chi connectivity index (χ0) is 34.5. The van der Waals surface area contributed by atoms with Crippen molar-refractivity contribution >= 4 is 32.8 Å². The molecule has 3 aromatic carbocycles. The van der Waals surface area contributed by atoms with Crippen LogP contribution >= 0.6 is 11.3 Å². The summed E-state index contributed by atoms with van der Waals surface area (Å²) < 4.78 is 65.5. The molecule has 0 aliphatic carbocycles. The van der Waals surface area contributed by atoms with E-state index in [1.165, 1.54) is 6.07 Å². The van der Waals surface area contributed by atoms with Crippen LogP contribution in [0.3, 0.4) is 0 Å². The molecule has 0 spiro atoms. The van der Waals surface area contributed by atoms with E-state index in [0.29, 0.717) is 23.4 Å². The van der Waals surface area contributed by atoms with Crippen molar-refractivity contribution in [1.29, 1.82) is 0 Å². The van der Waals surface area contributed by atoms with E-state index in [2.05, 4.69) is 5.32 Å². The van der Waals surface area contributed by atoms with Gasteiger partial charge in [0.25, 0.3) is 5.91 Å². The summed E-state index contributed by atoms with van der Waals surface area (Å²) in [5, 5.41) is 16.6. The number of carbonyl (C=O) groups is 1. The molecule has 254 valence electrons. The van der Waals surface area contributed by atoms with Crippen LogP contribution in [-0.2, 0) is 29.0 Å². The molecular formula is C36H38F3N3O4S2. The molecule has 2 radical (unpaired) electrons. The Kier molecular flexibility index (Phi) is 11.3. The Bertz CT molecular complexity index is 1780. The molecule has 1 amide bonds. The highest BCUT2D eigenvalue weighted by Gasteiger charge is 2.34. The van der Waals surface area contributed by atoms with Crippen LogP contribution < -0.4 is 10.2 Å². The molecule has 7 nitrogen and oxygen atoms in total. The van der Waals surface area contributed by atoms with Crippen molar-refractivity contribution in [1.82, 2.24) is 10.2 Å². The fraction of sp³-hybridized carbons (Fsp3) is 0.333. The number of aliphatic hydroxyl groups is 1. The maximum Gasteiger partial charge on any atom is 0.416 e. The maximum atomic E-state index is 13.9. The number of carbonyl (C=O) groups excluding carboxylic acids is 1. The molecule has 1 aliphatic heterocycles. The number of anilines is 1. The first-order chi connectivity index (χ1) is 22.8. The van der Waals surface area contributed by atoms with Crippen LogP contribution in [0.15, 0.2) is 90.3 Å². The number of sulfone groups is 1. The van der Waals surface area contributed by atoms with Gasteiger partial charge in [0.1, 0.15) is 5.88 Å². The number of halogens is 3. The Balaban J connectivity index is 1.45. The van der Waals surface area contributed by atoms with E-state index < -0.39 is 39.6 Å². The summed E-state index contributed by atoms with van der Waals surface area (Å²) in [6, 6.07) is 22.0. The molecular weight excluding hydrogens is 660 g/mol. The Morgan fingerprint density at radius 2 is 1.81 bits per heavy atom. The van der Waals surface area contributed by atoms with Gasteiger partial charge < -0.3 is 20.2 Å². The van der Waals surface area contributed by atoms with E-state index in [4.69, 9.17) is 6.92 Å². The lowest BCUT2D eigenvalue weighted by molar-refractivity contribution is -0.137. The zero-order valence-corrected chi connectivity index (χ0v) is 28.1. The number of nitrogens with zero attached hydrogens (tertiary/aromatic N) is 2. The van der Waals surface area contributed by atoms with Gasteiger partial charge in [-0.3, -0.25) is 4.79 Å². The number of benzene rings is 3. The molecule has 0 saturated carbocycles. The van der Waals surface area contributed by atoms with E-state index in [1.807, 2.05) is 52.7 Å². The van der Waals surface area contributed by atoms with Gasteiger partial charge in [-0.1, -0.05) is 54.6 Å². The van der Waals surface area contributed by atoms with Crippen LogP contribution in [0.25, 0.3) is 0 Å². The third-order valence-electron chi connectivity index (χ3n) is 8.35. The summed E-state index contributed by atoms with van der Waals surface area (Å²) in [4.78, 5) is 18.4. The Hall–Kier alpha value is -3.71. The molecule has 1 saturated heterocycles. The molecule has 1 aromatic heterocycles. The zero-order valence-electron chi connectivity index (χ0n) is 26.4. The fourth-order valence-electron chi connectivity index (χ4n) is 6.16. The third kappa shape index (κ3) is 9.25. The van der Waals surface area contributed by atoms with Crippen molar-refractivity contribution in [2.45, 2.75) is 50.2 Å². The highest BCUT2D eigenvalue weighted by Crippen LogP contribution is 2.36. The van der Waals surface area contributed by atoms with Gasteiger partial charge >= 0.3 is 6.18 Å². The first kappa shape index (κ1) is 35.6. The number of hydrogen-bond acceptors (Lipinski definition) is 7. The molecule has 12 heteroatoms. The molecule has 0 bridgehead atoms. The average Bonchev–Trinajstić information content (AvgIpc) is 3.75. The van der Waals surface area contributed by atoms with E-state index in [-0.39, 0.29) is 37.0 Å². The molecule has 1 unspecified atom stereocenters. The minimum atomic E-state index is -4.49. The standard InChI is InChI=1S/C36H38F3N3O4S2/c1-25-17-28(35(44)41-15-7-13-31(41)34-14-8-16-47-34)21-30(18-25)42(24-48(2,45)46)32(20-26-9-4-3-5-10-26)33(43)23-40-22-27-11-6-12-29(19-27)36(37,38)39/h1,3-6,8-12,14,16-19,21,31-33,40,43H,7,13,15,20,22-24H2,2H3/t31?,32-,33+/m0/s1. The van der Waals surface area contributed by atoms with Gasteiger partial charge in [0.2, 0.25) is 0 Å². The fourth-order valence-corrected chi connectivity index (χ4v) is 7.88. The van der Waals surface area contributed by atoms with Crippen LogP contribution in [0.2, 0.25) is 0 Å². The number of thiophene rings is 1. The predicted octanol–water partition coefficient (Wildman–Crippen LogP) is 6.37. The summed E-state index contributed by atoms with van der Waals surface area (Å²) >= 11 is 1.59. The van der Waals surface area contributed by atoms with E-state index in [1.54, 1.807) is 40.5 Å². The van der Waals surface area contributed by atoms with Gasteiger partial charge in [0.05, 0.1) is 23.8 Å². The molecule has 1 fully saturated rings. The van der Waals surface area contributed by atoms with Gasteiger partial charge in [-0.15, -0.1) is 11.3 Å². The summed E-state index contributed by atoms with van der Waals surface area (Å²) in [6.07, 6.45) is -2.66. The van der Waals surface area contributed by atoms with Crippen molar-refractivity contribution in [3.05, 3.63) is 130 Å². The highest BCUT2D eigenvalue weighted by atomic mass is 32.2. The van der Waals surface area contributed by atoms with Crippen molar-refractivity contribution in [2.75, 3.05) is 30.1 Å². The monoisotopic (exact) mass is 697 g/mol. The topological polar surface area (TPSA) is 90.0 Å². The quantitative estimate of drug-likeness (QED) is 0.169. The Labute approximate surface area is 283 Å². The van der Waals surface area contributed by atoms with Gasteiger partial charge in [-0.25, -0.2) is 8.42 Å². The van der Waals surface area contributed by atoms with E-state index in [9.17, 15) is 31.5 Å². The number of amides is 1. The SMILES string of the molecule is [CH]c1cc(C(=O)N2CCCC2c2cccs2)cc(N(CS(C)(=O)=O)[C@@H](Cc2ccccc2)[C@H](O)CNCc2cccc(C(F)(F)F)c2)c1. The van der Waals surface area contributed by atoms with Crippen molar-refractivity contribution < 1.29 is 31.5 Å². The number of rotatable bonds is 13. The molecule has 2 heterocycles. The lowest BCUT2D eigenvalue weighted by Crippen LogP contribution is -2.51. The van der Waals surface area contributed by atoms with Crippen LogP contribution in [0, 0.1) is 6.92 Å². The molecule has 2 N–H and O–H groups in total. The van der Waals surface area contributed by atoms with Crippen LogP contribution in [-0.4, -0.2) is 61.7 Å². The van der Waals surface area contributed by atoms with Crippen LogP contribution in [0.1, 0.15) is 56.4 Å². The molecule has 1 aliphatic rings. The highest BCUT2D eigenvalue weighted by molar-refractivity contribution is 7.90. The molecule has 5 rings (SSSR count). The summed E-state index contributed by atoms with van der Waals surface area (Å²) in [7, 11) is -3.67. The van der Waals surface area contributed by atoms with Gasteiger partial charge in [0, 0.05) is 42.0 Å². The lowest BCUT2D eigenvalue weighted by Gasteiger charge is -2.37. The first-order valence-electron chi connectivity index (χ1n) is 15.6. The summed E-state index contributed by atoms with van der Waals surface area (Å²) in [6.45, 7) is 6.91. The maximum absolute atomic E-state index is 13.9. The largest absolute Gasteiger partial charge is 0.416 e. The Morgan fingerprint density at radius 1 is 1.06 bits per heavy atom. The van der Waals surface area contributed by atoms with Crippen molar-refractivity contribution in [2.24, 2.45) is 0 Å².